The molecule has 0 fully saturated rings. The van der Waals surface area contributed by atoms with Crippen LogP contribution in [0.3, 0.4) is 0 Å². The SMILES string of the molecule is CSc1nc(N=CN(C)C)nn1CCC#N. The molecule has 0 aliphatic heterocycles. The molecule has 0 unspecified atom stereocenters. The smallest absolute Gasteiger partial charge is 0.270 e. The van der Waals surface area contributed by atoms with E-state index in [0.29, 0.717) is 18.9 Å². The van der Waals surface area contributed by atoms with Crippen molar-refractivity contribution in [2.24, 2.45) is 4.99 Å². The van der Waals surface area contributed by atoms with Crippen LogP contribution in [0.15, 0.2) is 10.1 Å². The summed E-state index contributed by atoms with van der Waals surface area (Å²) in [7, 11) is 3.76. The highest BCUT2D eigenvalue weighted by molar-refractivity contribution is 7.98. The Balaban J connectivity index is 2.81. The largest absolute Gasteiger partial charge is 0.369 e. The highest BCUT2D eigenvalue weighted by Gasteiger charge is 2.07. The van der Waals surface area contributed by atoms with E-state index in [9.17, 15) is 0 Å². The van der Waals surface area contributed by atoms with Crippen molar-refractivity contribution in [3.8, 4) is 6.07 Å². The maximum atomic E-state index is 8.52. The van der Waals surface area contributed by atoms with Gasteiger partial charge in [-0.25, -0.2) is 9.67 Å². The average molecular weight is 238 g/mol. The molecule has 6 nitrogen and oxygen atoms in total. The van der Waals surface area contributed by atoms with Gasteiger partial charge in [0.2, 0.25) is 0 Å². The number of thioether (sulfide) groups is 1. The zero-order valence-corrected chi connectivity index (χ0v) is 10.4. The third kappa shape index (κ3) is 3.55. The van der Waals surface area contributed by atoms with Gasteiger partial charge in [0, 0.05) is 14.1 Å². The van der Waals surface area contributed by atoms with Crippen LogP contribution in [-0.2, 0) is 6.54 Å². The van der Waals surface area contributed by atoms with Gasteiger partial charge in [-0.05, 0) is 6.26 Å². The lowest BCUT2D eigenvalue weighted by Gasteiger charge is -1.99. The minimum atomic E-state index is 0.424. The third-order valence-electron chi connectivity index (χ3n) is 1.65. The Kier molecular flexibility index (Phi) is 4.79. The Labute approximate surface area is 99.0 Å². The van der Waals surface area contributed by atoms with E-state index in [4.69, 9.17) is 5.26 Å². The number of rotatable bonds is 5. The van der Waals surface area contributed by atoms with E-state index in [-0.39, 0.29) is 0 Å². The first-order valence-electron chi connectivity index (χ1n) is 4.73. The van der Waals surface area contributed by atoms with Crippen molar-refractivity contribution >= 4 is 24.0 Å². The second kappa shape index (κ2) is 6.12. The summed E-state index contributed by atoms with van der Waals surface area (Å²) in [4.78, 5) is 10.2. The van der Waals surface area contributed by atoms with Gasteiger partial charge in [-0.3, -0.25) is 0 Å². The lowest BCUT2D eigenvalue weighted by molar-refractivity contribution is 0.571. The second-order valence-electron chi connectivity index (χ2n) is 3.24. The molecule has 0 atom stereocenters. The lowest BCUT2D eigenvalue weighted by atomic mass is 10.5. The molecule has 0 saturated carbocycles. The molecule has 0 amide bonds. The molecule has 7 heteroatoms. The summed E-state index contributed by atoms with van der Waals surface area (Å²) in [6.45, 7) is 0.553. The molecule has 1 aromatic rings. The fraction of sp³-hybridized carbons (Fsp3) is 0.556. The molecule has 0 bridgehead atoms. The van der Waals surface area contributed by atoms with Crippen molar-refractivity contribution in [1.82, 2.24) is 19.7 Å². The zero-order chi connectivity index (χ0) is 12.0. The van der Waals surface area contributed by atoms with Crippen LogP contribution in [0, 0.1) is 11.3 Å². The minimum absolute atomic E-state index is 0.424. The number of aliphatic imine (C=N–C) groups is 1. The molecular weight excluding hydrogens is 224 g/mol. The monoisotopic (exact) mass is 238 g/mol. The topological polar surface area (TPSA) is 70.1 Å². The van der Waals surface area contributed by atoms with Gasteiger partial charge in [-0.15, -0.1) is 5.10 Å². The van der Waals surface area contributed by atoms with Crippen molar-refractivity contribution in [1.29, 1.82) is 5.26 Å². The van der Waals surface area contributed by atoms with Crippen LogP contribution in [0.5, 0.6) is 0 Å². The summed E-state index contributed by atoms with van der Waals surface area (Å²) in [6.07, 6.45) is 3.99. The molecular formula is C9H14N6S. The van der Waals surface area contributed by atoms with Crippen molar-refractivity contribution in [3.63, 3.8) is 0 Å². The highest BCUT2D eigenvalue weighted by atomic mass is 32.2. The van der Waals surface area contributed by atoms with Gasteiger partial charge in [0.1, 0.15) is 0 Å². The number of hydrogen-bond acceptors (Lipinski definition) is 5. The van der Waals surface area contributed by atoms with Crippen LogP contribution < -0.4 is 0 Å². The maximum Gasteiger partial charge on any atom is 0.270 e. The fourth-order valence-electron chi connectivity index (χ4n) is 0.991. The lowest BCUT2D eigenvalue weighted by Crippen LogP contribution is -2.07. The quantitative estimate of drug-likeness (QED) is 0.437. The van der Waals surface area contributed by atoms with E-state index in [2.05, 4.69) is 21.1 Å². The Hall–Kier alpha value is -1.55. The zero-order valence-electron chi connectivity index (χ0n) is 9.58. The molecule has 86 valence electrons. The molecule has 0 aliphatic carbocycles. The van der Waals surface area contributed by atoms with E-state index in [1.807, 2.05) is 25.3 Å². The molecule has 1 heterocycles. The van der Waals surface area contributed by atoms with Gasteiger partial charge < -0.3 is 4.90 Å². The molecule has 0 aliphatic rings. The predicted octanol–water partition coefficient (Wildman–Crippen LogP) is 1.14. The molecule has 16 heavy (non-hydrogen) atoms. The molecule has 0 aromatic carbocycles. The van der Waals surface area contributed by atoms with E-state index in [0.717, 1.165) is 5.16 Å². The van der Waals surface area contributed by atoms with Crippen LogP contribution in [0.4, 0.5) is 5.95 Å². The molecule has 1 rings (SSSR count). The molecule has 0 radical (unpaired) electrons. The van der Waals surface area contributed by atoms with Crippen molar-refractivity contribution in [2.75, 3.05) is 20.4 Å². The van der Waals surface area contributed by atoms with Gasteiger partial charge >= 0.3 is 0 Å². The predicted molar refractivity (Wildman–Crippen MR) is 63.9 cm³/mol. The summed E-state index contributed by atoms with van der Waals surface area (Å²) in [5.41, 5.74) is 0. The van der Waals surface area contributed by atoms with Crippen molar-refractivity contribution < 1.29 is 0 Å². The van der Waals surface area contributed by atoms with E-state index in [1.165, 1.54) is 11.8 Å². The summed E-state index contributed by atoms with van der Waals surface area (Å²) in [6, 6.07) is 2.08. The number of hydrogen-bond donors (Lipinski definition) is 0. The van der Waals surface area contributed by atoms with Gasteiger partial charge in [0.15, 0.2) is 5.16 Å². The van der Waals surface area contributed by atoms with Crippen LogP contribution in [0.25, 0.3) is 0 Å². The van der Waals surface area contributed by atoms with E-state index >= 15 is 0 Å². The first-order chi connectivity index (χ1) is 7.67. The third-order valence-corrected chi connectivity index (χ3v) is 2.32. The number of nitriles is 1. The van der Waals surface area contributed by atoms with Gasteiger partial charge in [-0.1, -0.05) is 11.8 Å². The summed E-state index contributed by atoms with van der Waals surface area (Å²) in [5, 5.41) is 13.5. The van der Waals surface area contributed by atoms with Gasteiger partial charge in [0.05, 0.1) is 25.4 Å². The first-order valence-corrected chi connectivity index (χ1v) is 5.96. The Morgan fingerprint density at radius 2 is 2.38 bits per heavy atom. The van der Waals surface area contributed by atoms with Crippen molar-refractivity contribution in [3.05, 3.63) is 0 Å². The van der Waals surface area contributed by atoms with Crippen LogP contribution in [0.2, 0.25) is 0 Å². The molecule has 0 spiro atoms. The Bertz CT molecular complexity index is 403. The van der Waals surface area contributed by atoms with E-state index < -0.39 is 0 Å². The summed E-state index contributed by atoms with van der Waals surface area (Å²) < 4.78 is 1.70. The van der Waals surface area contributed by atoms with Crippen LogP contribution in [0.1, 0.15) is 6.42 Å². The van der Waals surface area contributed by atoms with E-state index in [1.54, 1.807) is 11.0 Å². The molecule has 0 saturated heterocycles. The Morgan fingerprint density at radius 3 is 2.94 bits per heavy atom. The molecule has 0 N–H and O–H groups in total. The number of aromatic nitrogens is 3. The van der Waals surface area contributed by atoms with Gasteiger partial charge in [-0.2, -0.15) is 10.2 Å². The molecule has 1 aromatic heterocycles. The Morgan fingerprint density at radius 1 is 1.62 bits per heavy atom. The fourth-order valence-corrected chi connectivity index (χ4v) is 1.51. The standard InChI is InChI=1S/C9H14N6S/c1-14(2)7-11-8-12-9(16-3)15(13-8)6-4-5-10/h7H,4,6H2,1-3H3. The summed E-state index contributed by atoms with van der Waals surface area (Å²) >= 11 is 1.49. The van der Waals surface area contributed by atoms with Crippen LogP contribution >= 0.6 is 11.8 Å². The maximum absolute atomic E-state index is 8.52. The van der Waals surface area contributed by atoms with Crippen LogP contribution in [-0.4, -0.2) is 46.4 Å². The first kappa shape index (κ1) is 12.5. The number of nitrogens with zero attached hydrogens (tertiary/aromatic N) is 6. The minimum Gasteiger partial charge on any atom is -0.369 e. The van der Waals surface area contributed by atoms with Crippen molar-refractivity contribution in [2.45, 2.75) is 18.1 Å². The highest BCUT2D eigenvalue weighted by Crippen LogP contribution is 2.16. The average Bonchev–Trinajstić information content (AvgIpc) is 2.66. The second-order valence-corrected chi connectivity index (χ2v) is 4.01. The number of aryl methyl sites for hydroxylation is 1. The summed E-state index contributed by atoms with van der Waals surface area (Å²) in [5.74, 6) is 0.427. The normalized spacial score (nSPS) is 10.6. The van der Waals surface area contributed by atoms with Gasteiger partial charge in [0.25, 0.3) is 5.95 Å².